The maximum Gasteiger partial charge on any atom is 0.238 e. The molecule has 7 heteroatoms. The number of aliphatic imine (C=N–C) groups is 1. The molecule has 178 valence electrons. The van der Waals surface area contributed by atoms with Gasteiger partial charge in [-0.05, 0) is 43.5 Å². The summed E-state index contributed by atoms with van der Waals surface area (Å²) in [4.78, 5) is 34.6. The Morgan fingerprint density at radius 3 is 2.21 bits per heavy atom. The van der Waals surface area contributed by atoms with Crippen molar-refractivity contribution in [2.75, 3.05) is 31.6 Å². The van der Waals surface area contributed by atoms with Gasteiger partial charge in [-0.2, -0.15) is 0 Å². The van der Waals surface area contributed by atoms with Crippen molar-refractivity contribution in [3.63, 3.8) is 0 Å². The van der Waals surface area contributed by atoms with Crippen molar-refractivity contribution in [1.29, 1.82) is 0 Å². The zero-order valence-electron chi connectivity index (χ0n) is 20.1. The van der Waals surface area contributed by atoms with Gasteiger partial charge in [0.2, 0.25) is 11.6 Å². The lowest BCUT2D eigenvalue weighted by atomic mass is 10.1. The van der Waals surface area contributed by atoms with E-state index in [1.165, 1.54) is 18.9 Å². The largest absolute Gasteiger partial charge is 0.495 e. The number of nitrogens with zero attached hydrogens (tertiary/aromatic N) is 2. The number of thiophene rings is 1. The van der Waals surface area contributed by atoms with Crippen molar-refractivity contribution in [1.82, 2.24) is 0 Å². The number of ether oxygens (including phenoxy) is 1. The van der Waals surface area contributed by atoms with Gasteiger partial charge in [0.05, 0.1) is 28.3 Å². The first-order valence-electron chi connectivity index (χ1n) is 11.9. The first-order valence-corrected chi connectivity index (χ1v) is 13.6. The van der Waals surface area contributed by atoms with E-state index in [1.54, 1.807) is 11.3 Å². The maximum atomic E-state index is 13.1. The molecule has 2 aliphatic rings. The van der Waals surface area contributed by atoms with Gasteiger partial charge in [-0.3, -0.25) is 14.6 Å². The average Bonchev–Trinajstić information content (AvgIpc) is 3.53. The number of hydrogen-bond acceptors (Lipinski definition) is 7. The van der Waals surface area contributed by atoms with Gasteiger partial charge < -0.3 is 9.64 Å². The molecule has 0 amide bonds. The summed E-state index contributed by atoms with van der Waals surface area (Å²) in [6, 6.07) is 4.02. The van der Waals surface area contributed by atoms with E-state index in [0.29, 0.717) is 16.9 Å². The number of rotatable bonds is 12. The van der Waals surface area contributed by atoms with Gasteiger partial charge in [0.1, 0.15) is 5.76 Å². The number of ketones is 2. The standard InChI is InChI=1S/C26H34N2O3S2/c1-5-8-15-27-20-13-11-18(32-20)22-24(29)25(30)23(26(22)31-4)19-12-14-21(33-19)28(16-9-6-2)17-10-7-3/h11-14H,5-10,15-17H2,1-4H3/b22-18-,27-20?. The van der Waals surface area contributed by atoms with Crippen LogP contribution < -0.4 is 4.90 Å². The van der Waals surface area contributed by atoms with Crippen LogP contribution >= 0.6 is 23.1 Å². The summed E-state index contributed by atoms with van der Waals surface area (Å²) in [6.45, 7) is 9.28. The smallest absolute Gasteiger partial charge is 0.238 e. The quantitative estimate of drug-likeness (QED) is 0.194. The zero-order chi connectivity index (χ0) is 23.8. The van der Waals surface area contributed by atoms with E-state index in [1.807, 2.05) is 18.2 Å². The second kappa shape index (κ2) is 12.4. The number of carbonyl (C=O) groups excluding carboxylic acids is 2. The number of carbonyl (C=O) groups is 2. The molecule has 33 heavy (non-hydrogen) atoms. The SMILES string of the molecule is CCCCN=C1C=C/C(=C2\C(=O)C(=O)C(c3ccc(N(CCCC)CCCC)s3)=C2OC)S1. The van der Waals surface area contributed by atoms with Crippen LogP contribution in [0.3, 0.4) is 0 Å². The minimum Gasteiger partial charge on any atom is -0.495 e. The highest BCUT2D eigenvalue weighted by molar-refractivity contribution is 8.18. The molecule has 1 aliphatic carbocycles. The summed E-state index contributed by atoms with van der Waals surface area (Å²) >= 11 is 3.00. The average molecular weight is 487 g/mol. The normalized spacial score (nSPS) is 19.5. The fourth-order valence-electron chi connectivity index (χ4n) is 3.77. The van der Waals surface area contributed by atoms with Crippen LogP contribution in [0, 0.1) is 0 Å². The molecule has 0 spiro atoms. The molecule has 0 aromatic carbocycles. The first-order chi connectivity index (χ1) is 16.0. The van der Waals surface area contributed by atoms with Gasteiger partial charge in [-0.1, -0.05) is 51.8 Å². The Bertz CT molecular complexity index is 993. The summed E-state index contributed by atoms with van der Waals surface area (Å²) in [5.41, 5.74) is 0.751. The third-order valence-corrected chi connectivity index (χ3v) is 7.85. The number of allylic oxidation sites excluding steroid dienone is 3. The highest BCUT2D eigenvalue weighted by atomic mass is 32.2. The van der Waals surface area contributed by atoms with Crippen molar-refractivity contribution >= 4 is 50.3 Å². The van der Waals surface area contributed by atoms with Gasteiger partial charge in [0, 0.05) is 29.4 Å². The lowest BCUT2D eigenvalue weighted by molar-refractivity contribution is -0.130. The Hall–Kier alpha value is -2.12. The second-order valence-corrected chi connectivity index (χ2v) is 10.3. The summed E-state index contributed by atoms with van der Waals surface area (Å²) < 4.78 is 5.66. The lowest BCUT2D eigenvalue weighted by Gasteiger charge is -2.22. The van der Waals surface area contributed by atoms with Gasteiger partial charge in [0.15, 0.2) is 0 Å². The fraction of sp³-hybridized carbons (Fsp3) is 0.500. The van der Waals surface area contributed by atoms with Crippen molar-refractivity contribution in [2.45, 2.75) is 59.3 Å². The molecule has 0 radical (unpaired) electrons. The van der Waals surface area contributed by atoms with Crippen LogP contribution in [-0.2, 0) is 14.3 Å². The highest BCUT2D eigenvalue weighted by Gasteiger charge is 2.41. The minimum absolute atomic E-state index is 0.364. The molecule has 1 aliphatic heterocycles. The van der Waals surface area contributed by atoms with Crippen LogP contribution in [-0.4, -0.2) is 43.4 Å². The highest BCUT2D eigenvalue weighted by Crippen LogP contribution is 2.43. The predicted molar refractivity (Wildman–Crippen MR) is 141 cm³/mol. The van der Waals surface area contributed by atoms with Crippen molar-refractivity contribution in [3.8, 4) is 0 Å². The third-order valence-electron chi connectivity index (χ3n) is 5.65. The molecular weight excluding hydrogens is 452 g/mol. The third kappa shape index (κ3) is 5.87. The van der Waals surface area contributed by atoms with Gasteiger partial charge in [0.25, 0.3) is 0 Å². The van der Waals surface area contributed by atoms with Crippen LogP contribution in [0.5, 0.6) is 0 Å². The number of hydrogen-bond donors (Lipinski definition) is 0. The number of anilines is 1. The van der Waals surface area contributed by atoms with E-state index in [2.05, 4.69) is 36.7 Å². The van der Waals surface area contributed by atoms with Crippen molar-refractivity contribution in [2.24, 2.45) is 4.99 Å². The van der Waals surface area contributed by atoms with E-state index in [4.69, 9.17) is 4.74 Å². The predicted octanol–water partition coefficient (Wildman–Crippen LogP) is 6.42. The first kappa shape index (κ1) is 25.5. The summed E-state index contributed by atoms with van der Waals surface area (Å²) in [7, 11) is 1.53. The van der Waals surface area contributed by atoms with Crippen LogP contribution in [0.15, 0.2) is 45.5 Å². The van der Waals surface area contributed by atoms with Crippen molar-refractivity contribution in [3.05, 3.63) is 45.4 Å². The van der Waals surface area contributed by atoms with Crippen LogP contribution in [0.2, 0.25) is 0 Å². The lowest BCUT2D eigenvalue weighted by Crippen LogP contribution is -2.24. The summed E-state index contributed by atoms with van der Waals surface area (Å²) in [5.74, 6) is -0.594. The molecule has 3 rings (SSSR count). The monoisotopic (exact) mass is 486 g/mol. The van der Waals surface area contributed by atoms with Gasteiger partial charge >= 0.3 is 0 Å². The second-order valence-electron chi connectivity index (χ2n) is 8.15. The van der Waals surface area contributed by atoms with E-state index >= 15 is 0 Å². The molecule has 1 aromatic heterocycles. The molecule has 1 aromatic rings. The molecule has 0 bridgehead atoms. The molecule has 0 saturated carbocycles. The van der Waals surface area contributed by atoms with Gasteiger partial charge in [-0.25, -0.2) is 0 Å². The molecule has 0 unspecified atom stereocenters. The maximum absolute atomic E-state index is 13.1. The Morgan fingerprint density at radius 2 is 1.58 bits per heavy atom. The topological polar surface area (TPSA) is 59.0 Å². The number of unbranched alkanes of at least 4 members (excludes halogenated alkanes) is 3. The Balaban J connectivity index is 1.93. The zero-order valence-corrected chi connectivity index (χ0v) is 21.7. The van der Waals surface area contributed by atoms with Gasteiger partial charge in [-0.15, -0.1) is 11.3 Å². The van der Waals surface area contributed by atoms with Crippen molar-refractivity contribution < 1.29 is 14.3 Å². The summed E-state index contributed by atoms with van der Waals surface area (Å²) in [5, 5.41) is 2.01. The molecule has 5 nitrogen and oxygen atoms in total. The van der Waals surface area contributed by atoms with Crippen LogP contribution in [0.4, 0.5) is 5.00 Å². The Kier molecular flexibility index (Phi) is 9.56. The molecule has 0 atom stereocenters. The molecule has 0 N–H and O–H groups in total. The Labute approximate surface area is 205 Å². The van der Waals surface area contributed by atoms with E-state index in [-0.39, 0.29) is 0 Å². The van der Waals surface area contributed by atoms with E-state index in [9.17, 15) is 9.59 Å². The summed E-state index contributed by atoms with van der Waals surface area (Å²) in [6.07, 6.45) is 10.4. The minimum atomic E-state index is -0.493. The van der Waals surface area contributed by atoms with Crippen LogP contribution in [0.25, 0.3) is 5.57 Å². The molecule has 2 heterocycles. The molecule has 0 fully saturated rings. The Morgan fingerprint density at radius 1 is 0.909 bits per heavy atom. The number of methoxy groups -OCH3 is 1. The van der Waals surface area contributed by atoms with Crippen LogP contribution in [0.1, 0.15) is 64.2 Å². The van der Waals surface area contributed by atoms with E-state index < -0.39 is 11.6 Å². The number of Topliss-reactive ketones (excluding diaryl/α,β-unsaturated/α-hetero) is 2. The fourth-order valence-corrected chi connectivity index (χ4v) is 5.80. The molecule has 0 saturated heterocycles. The number of thioether (sulfide) groups is 1. The molecular formula is C26H34N2O3S2. The van der Waals surface area contributed by atoms with E-state index in [0.717, 1.165) is 78.0 Å².